The van der Waals surface area contributed by atoms with E-state index in [1.165, 1.54) is 11.8 Å². The van der Waals surface area contributed by atoms with Crippen molar-refractivity contribution in [3.63, 3.8) is 0 Å². The van der Waals surface area contributed by atoms with Crippen molar-refractivity contribution in [1.29, 1.82) is 0 Å². The van der Waals surface area contributed by atoms with Gasteiger partial charge in [0.05, 0.1) is 11.3 Å². The number of carbonyl (C=O) groups excluding carboxylic acids is 1. The molecule has 1 amide bonds. The number of thioether (sulfide) groups is 1. The van der Waals surface area contributed by atoms with E-state index < -0.39 is 0 Å². The molecule has 3 rings (SSSR count). The Bertz CT molecular complexity index is 809. The molecule has 1 aromatic heterocycles. The molecule has 25 heavy (non-hydrogen) atoms. The van der Waals surface area contributed by atoms with Gasteiger partial charge in [0.2, 0.25) is 0 Å². The zero-order valence-electron chi connectivity index (χ0n) is 14.1. The van der Waals surface area contributed by atoms with Gasteiger partial charge in [-0.2, -0.15) is 0 Å². The molecule has 1 fully saturated rings. The van der Waals surface area contributed by atoms with Gasteiger partial charge in [0.1, 0.15) is 10.9 Å². The maximum atomic E-state index is 12.6. The Balaban J connectivity index is 1.68. The molecule has 0 aliphatic heterocycles. The lowest BCUT2D eigenvalue weighted by atomic mass is 10.1. The van der Waals surface area contributed by atoms with E-state index >= 15 is 0 Å². The van der Waals surface area contributed by atoms with E-state index in [2.05, 4.69) is 15.3 Å². The number of amides is 1. The first-order chi connectivity index (χ1) is 12.0. The number of nitrogens with zero attached hydrogens (tertiary/aromatic N) is 2. The zero-order valence-corrected chi connectivity index (χ0v) is 16.4. The van der Waals surface area contributed by atoms with Gasteiger partial charge in [0, 0.05) is 22.5 Å². The van der Waals surface area contributed by atoms with Gasteiger partial charge in [-0.15, -0.1) is 11.8 Å². The molecule has 1 heterocycles. The number of carbonyl (C=O) groups is 1. The average molecular weight is 396 g/mol. The molecule has 1 aliphatic rings. The Morgan fingerprint density at radius 2 is 2.08 bits per heavy atom. The second-order valence-electron chi connectivity index (χ2n) is 6.07. The van der Waals surface area contributed by atoms with E-state index in [0.29, 0.717) is 34.5 Å². The predicted octanol–water partition coefficient (Wildman–Crippen LogP) is 4.66. The molecule has 7 heteroatoms. The Morgan fingerprint density at radius 3 is 2.72 bits per heavy atom. The highest BCUT2D eigenvalue weighted by molar-refractivity contribution is 7.98. The summed E-state index contributed by atoms with van der Waals surface area (Å²) in [7, 11) is 0. The third kappa shape index (κ3) is 4.46. The number of benzene rings is 1. The van der Waals surface area contributed by atoms with Crippen molar-refractivity contribution in [2.24, 2.45) is 0 Å². The van der Waals surface area contributed by atoms with Crippen molar-refractivity contribution in [3.05, 3.63) is 50.9 Å². The van der Waals surface area contributed by atoms with Gasteiger partial charge < -0.3 is 5.32 Å². The lowest BCUT2D eigenvalue weighted by molar-refractivity contribution is 0.0949. The third-order valence-electron chi connectivity index (χ3n) is 4.13. The second kappa shape index (κ2) is 7.94. The summed E-state index contributed by atoms with van der Waals surface area (Å²) >= 11 is 13.6. The number of nitrogens with one attached hydrogen (secondary N) is 1. The Kier molecular flexibility index (Phi) is 5.87. The van der Waals surface area contributed by atoms with E-state index in [-0.39, 0.29) is 5.91 Å². The number of rotatable bonds is 6. The van der Waals surface area contributed by atoms with Gasteiger partial charge in [-0.25, -0.2) is 9.97 Å². The summed E-state index contributed by atoms with van der Waals surface area (Å²) in [5.41, 5.74) is 2.26. The van der Waals surface area contributed by atoms with Crippen LogP contribution in [0.3, 0.4) is 0 Å². The lowest BCUT2D eigenvalue weighted by Crippen LogP contribution is -2.28. The summed E-state index contributed by atoms with van der Waals surface area (Å²) < 4.78 is 0. The molecule has 2 aromatic rings. The van der Waals surface area contributed by atoms with Gasteiger partial charge in [0.15, 0.2) is 0 Å². The average Bonchev–Trinajstić information content (AvgIpc) is 3.40. The quantitative estimate of drug-likeness (QED) is 0.570. The van der Waals surface area contributed by atoms with Crippen LogP contribution in [0.15, 0.2) is 23.2 Å². The van der Waals surface area contributed by atoms with Crippen LogP contribution in [0.4, 0.5) is 0 Å². The number of aromatic nitrogens is 2. The van der Waals surface area contributed by atoms with Crippen LogP contribution in [0.25, 0.3) is 0 Å². The van der Waals surface area contributed by atoms with Crippen LogP contribution in [0.1, 0.15) is 46.2 Å². The molecule has 0 radical (unpaired) electrons. The van der Waals surface area contributed by atoms with E-state index in [9.17, 15) is 4.79 Å². The normalized spacial score (nSPS) is 13.8. The van der Waals surface area contributed by atoms with Gasteiger partial charge >= 0.3 is 0 Å². The first-order valence-electron chi connectivity index (χ1n) is 8.14. The molecule has 1 N–H and O–H groups in total. The van der Waals surface area contributed by atoms with Crippen LogP contribution < -0.4 is 5.32 Å². The SMILES string of the molecule is CSc1nc(C2CC2)nc(C)c1C(=O)NCCc1ccc(Cl)cc1Cl. The first kappa shape index (κ1) is 18.5. The molecule has 0 spiro atoms. The van der Waals surface area contributed by atoms with Crippen LogP contribution in [0.5, 0.6) is 0 Å². The minimum Gasteiger partial charge on any atom is -0.352 e. The van der Waals surface area contributed by atoms with Crippen molar-refractivity contribution in [1.82, 2.24) is 15.3 Å². The first-order valence-corrected chi connectivity index (χ1v) is 10.1. The van der Waals surface area contributed by atoms with E-state index in [0.717, 1.165) is 34.9 Å². The topological polar surface area (TPSA) is 54.9 Å². The highest BCUT2D eigenvalue weighted by Crippen LogP contribution is 2.39. The molecule has 4 nitrogen and oxygen atoms in total. The zero-order chi connectivity index (χ0) is 18.0. The van der Waals surface area contributed by atoms with Crippen LogP contribution in [0.2, 0.25) is 10.0 Å². The van der Waals surface area contributed by atoms with E-state index in [4.69, 9.17) is 23.2 Å². The van der Waals surface area contributed by atoms with Crippen LogP contribution in [-0.4, -0.2) is 28.7 Å². The monoisotopic (exact) mass is 395 g/mol. The maximum absolute atomic E-state index is 12.6. The summed E-state index contributed by atoms with van der Waals surface area (Å²) in [5.74, 6) is 1.19. The number of halogens is 2. The molecule has 0 saturated heterocycles. The van der Waals surface area contributed by atoms with E-state index in [1.807, 2.05) is 19.2 Å². The molecular formula is C18H19Cl2N3OS. The summed E-state index contributed by atoms with van der Waals surface area (Å²) in [4.78, 5) is 21.7. The summed E-state index contributed by atoms with van der Waals surface area (Å²) in [5, 5.41) is 4.91. The van der Waals surface area contributed by atoms with Crippen LogP contribution >= 0.6 is 35.0 Å². The Morgan fingerprint density at radius 1 is 1.32 bits per heavy atom. The Hall–Kier alpha value is -1.30. The predicted molar refractivity (Wildman–Crippen MR) is 103 cm³/mol. The largest absolute Gasteiger partial charge is 0.352 e. The number of aryl methyl sites for hydroxylation is 1. The fraction of sp³-hybridized carbons (Fsp3) is 0.389. The molecule has 1 saturated carbocycles. The molecule has 132 valence electrons. The second-order valence-corrected chi connectivity index (χ2v) is 7.71. The summed E-state index contributed by atoms with van der Waals surface area (Å²) in [6, 6.07) is 5.38. The highest BCUT2D eigenvalue weighted by atomic mass is 35.5. The van der Waals surface area contributed by atoms with Crippen LogP contribution in [-0.2, 0) is 6.42 Å². The number of hydrogen-bond acceptors (Lipinski definition) is 4. The molecule has 0 unspecified atom stereocenters. The minimum absolute atomic E-state index is 0.144. The fourth-order valence-corrected chi connectivity index (χ4v) is 3.76. The molecule has 1 aliphatic carbocycles. The van der Waals surface area contributed by atoms with Crippen molar-refractivity contribution >= 4 is 40.9 Å². The van der Waals surface area contributed by atoms with Crippen molar-refractivity contribution < 1.29 is 4.79 Å². The van der Waals surface area contributed by atoms with Crippen molar-refractivity contribution in [2.75, 3.05) is 12.8 Å². The lowest BCUT2D eigenvalue weighted by Gasteiger charge is -2.12. The molecule has 0 atom stereocenters. The molecule has 1 aromatic carbocycles. The van der Waals surface area contributed by atoms with Crippen molar-refractivity contribution in [2.45, 2.75) is 37.1 Å². The van der Waals surface area contributed by atoms with Gasteiger partial charge in [-0.3, -0.25) is 4.79 Å². The van der Waals surface area contributed by atoms with Gasteiger partial charge in [-0.1, -0.05) is 29.3 Å². The van der Waals surface area contributed by atoms with Gasteiger partial charge in [-0.05, 0) is 50.1 Å². The van der Waals surface area contributed by atoms with E-state index in [1.54, 1.807) is 12.1 Å². The Labute approximate surface area is 161 Å². The minimum atomic E-state index is -0.144. The van der Waals surface area contributed by atoms with Crippen molar-refractivity contribution in [3.8, 4) is 0 Å². The molecular weight excluding hydrogens is 377 g/mol. The maximum Gasteiger partial charge on any atom is 0.255 e. The smallest absolute Gasteiger partial charge is 0.255 e. The summed E-state index contributed by atoms with van der Waals surface area (Å²) in [6.07, 6.45) is 4.85. The third-order valence-corrected chi connectivity index (χ3v) is 5.40. The van der Waals surface area contributed by atoms with Crippen LogP contribution in [0, 0.1) is 6.92 Å². The summed E-state index contributed by atoms with van der Waals surface area (Å²) in [6.45, 7) is 2.36. The van der Waals surface area contributed by atoms with Gasteiger partial charge in [0.25, 0.3) is 5.91 Å². The fourth-order valence-electron chi connectivity index (χ4n) is 2.62. The highest BCUT2D eigenvalue weighted by Gasteiger charge is 2.29. The standard InChI is InChI=1S/C18H19Cl2N3OS/c1-10-15(18(25-2)23-16(22-10)12-3-4-12)17(24)21-8-7-11-5-6-13(19)9-14(11)20/h5-6,9,12H,3-4,7-8H2,1-2H3,(H,21,24). The molecule has 0 bridgehead atoms. The number of hydrogen-bond donors (Lipinski definition) is 1.